The summed E-state index contributed by atoms with van der Waals surface area (Å²) in [6.45, 7) is 4.00. The summed E-state index contributed by atoms with van der Waals surface area (Å²) in [5.74, 6) is 0. The molecule has 0 saturated heterocycles. The van der Waals surface area contributed by atoms with E-state index in [0.717, 1.165) is 0 Å². The molecule has 0 bridgehead atoms. The van der Waals surface area contributed by atoms with E-state index in [1.54, 1.807) is 25.4 Å². The van der Waals surface area contributed by atoms with Crippen LogP contribution in [0.2, 0.25) is 0 Å². The van der Waals surface area contributed by atoms with E-state index in [2.05, 4.69) is 33.9 Å². The fraction of sp³-hybridized carbons (Fsp3) is 0.400. The van der Waals surface area contributed by atoms with Gasteiger partial charge in [-0.1, -0.05) is 29.8 Å². The number of hydrogen-bond acceptors (Lipinski definition) is 4. The van der Waals surface area contributed by atoms with Crippen molar-refractivity contribution in [1.82, 2.24) is 0 Å². The lowest BCUT2D eigenvalue weighted by Crippen LogP contribution is -1.95. The maximum absolute atomic E-state index is 10.5. The fourth-order valence-corrected chi connectivity index (χ4v) is 1.22. The van der Waals surface area contributed by atoms with Gasteiger partial charge in [0.15, 0.2) is 0 Å². The van der Waals surface area contributed by atoms with Gasteiger partial charge in [-0.15, -0.1) is 0 Å². The minimum Gasteiger partial charge on any atom is -0.383 e. The second-order valence-corrected chi connectivity index (χ2v) is 3.08. The summed E-state index contributed by atoms with van der Waals surface area (Å²) in [6.07, 6.45) is 1.69. The molecule has 0 unspecified atom stereocenters. The van der Waals surface area contributed by atoms with E-state index in [9.17, 15) is 10.1 Å². The maximum Gasteiger partial charge on any atom is 0.293 e. The summed E-state index contributed by atoms with van der Waals surface area (Å²) in [4.78, 5) is 10.1. The molecule has 0 spiro atoms. The highest BCUT2D eigenvalue weighted by atomic mass is 79.9. The predicted molar refractivity (Wildman–Crippen MR) is 76.6 cm³/mol. The first kappa shape index (κ1) is 17.6. The van der Waals surface area contributed by atoms with Crippen LogP contribution in [0.4, 0.5) is 11.4 Å². The van der Waals surface area contributed by atoms with E-state index in [4.69, 9.17) is 0 Å². The van der Waals surface area contributed by atoms with Gasteiger partial charge in [0.25, 0.3) is 5.69 Å². The second kappa shape index (κ2) is 10.8. The normalized spacial score (nSPS) is 7.88. The molecule has 0 atom stereocenters. The molecule has 1 aromatic rings. The number of rotatable bonds is 2. The summed E-state index contributed by atoms with van der Waals surface area (Å²) in [6, 6.07) is 4.87. The number of thiol groups is 1. The van der Waals surface area contributed by atoms with Crippen LogP contribution in [0.25, 0.3) is 0 Å². The zero-order valence-corrected chi connectivity index (χ0v) is 12.3. The van der Waals surface area contributed by atoms with E-state index < -0.39 is 4.92 Å². The van der Waals surface area contributed by atoms with Crippen LogP contribution in [0.3, 0.4) is 0 Å². The fourth-order valence-electron chi connectivity index (χ4n) is 0.867. The number of nitrogens with one attached hydrogen (secondary N) is 1. The predicted octanol–water partition coefficient (Wildman–Crippen LogP) is 3.97. The third kappa shape index (κ3) is 5.97. The van der Waals surface area contributed by atoms with Crippen LogP contribution >= 0.6 is 28.6 Å². The lowest BCUT2D eigenvalue weighted by atomic mass is 10.3. The van der Waals surface area contributed by atoms with Gasteiger partial charge in [0.05, 0.1) is 4.92 Å². The highest BCUT2D eigenvalue weighted by molar-refractivity contribution is 9.10. The van der Waals surface area contributed by atoms with Crippen molar-refractivity contribution in [2.75, 3.05) is 18.6 Å². The van der Waals surface area contributed by atoms with Gasteiger partial charge in [0, 0.05) is 17.6 Å². The molecule has 0 aliphatic heterocycles. The van der Waals surface area contributed by atoms with E-state index in [1.165, 1.54) is 6.07 Å². The monoisotopic (exact) mass is 308 g/mol. The van der Waals surface area contributed by atoms with Crippen molar-refractivity contribution in [3.8, 4) is 0 Å². The second-order valence-electron chi connectivity index (χ2n) is 2.17. The summed E-state index contributed by atoms with van der Waals surface area (Å²) in [5.41, 5.74) is 0.593. The van der Waals surface area contributed by atoms with Crippen molar-refractivity contribution >= 4 is 39.9 Å². The van der Waals surface area contributed by atoms with Crippen LogP contribution in [0.15, 0.2) is 22.7 Å². The number of nitro benzene ring substituents is 1. The Balaban J connectivity index is 0. The van der Waals surface area contributed by atoms with E-state index >= 15 is 0 Å². The van der Waals surface area contributed by atoms with Gasteiger partial charge in [0.2, 0.25) is 0 Å². The SMILES string of the molecule is CC.CNc1ccc(Br)cc1[N+](=O)[O-].CS. The summed E-state index contributed by atoms with van der Waals surface area (Å²) in [7, 11) is 1.65. The molecule has 0 aliphatic rings. The quantitative estimate of drug-likeness (QED) is 0.494. The average molecular weight is 309 g/mol. The first-order chi connectivity index (χ1) is 7.65. The van der Waals surface area contributed by atoms with Gasteiger partial charge in [-0.2, -0.15) is 12.6 Å². The zero-order chi connectivity index (χ0) is 13.1. The van der Waals surface area contributed by atoms with Crippen molar-refractivity contribution in [3.05, 3.63) is 32.8 Å². The van der Waals surface area contributed by atoms with Gasteiger partial charge < -0.3 is 5.32 Å². The van der Waals surface area contributed by atoms with Crippen molar-refractivity contribution in [3.63, 3.8) is 0 Å². The molecular weight excluding hydrogens is 292 g/mol. The number of hydrogen-bond donors (Lipinski definition) is 2. The third-order valence-corrected chi connectivity index (χ3v) is 1.92. The van der Waals surface area contributed by atoms with E-state index in [-0.39, 0.29) is 5.69 Å². The van der Waals surface area contributed by atoms with Gasteiger partial charge in [-0.25, -0.2) is 0 Å². The molecule has 0 amide bonds. The Bertz CT molecular complexity index is 322. The van der Waals surface area contributed by atoms with Crippen LogP contribution in [-0.2, 0) is 0 Å². The molecule has 92 valence electrons. The minimum absolute atomic E-state index is 0.0758. The van der Waals surface area contributed by atoms with E-state index in [1.807, 2.05) is 13.8 Å². The highest BCUT2D eigenvalue weighted by Crippen LogP contribution is 2.27. The molecule has 0 aliphatic carbocycles. The molecule has 1 aromatic carbocycles. The van der Waals surface area contributed by atoms with Crippen molar-refractivity contribution in [1.29, 1.82) is 0 Å². The smallest absolute Gasteiger partial charge is 0.293 e. The van der Waals surface area contributed by atoms with Crippen LogP contribution < -0.4 is 5.32 Å². The van der Waals surface area contributed by atoms with Crippen molar-refractivity contribution < 1.29 is 4.92 Å². The molecule has 16 heavy (non-hydrogen) atoms. The Kier molecular flexibility index (Phi) is 11.9. The van der Waals surface area contributed by atoms with Crippen molar-refractivity contribution in [2.45, 2.75) is 13.8 Å². The molecular formula is C10H17BrN2O2S. The van der Waals surface area contributed by atoms with E-state index in [0.29, 0.717) is 10.2 Å². The molecule has 1 N–H and O–H groups in total. The number of benzene rings is 1. The first-order valence-electron chi connectivity index (χ1n) is 4.71. The number of nitro groups is 1. The average Bonchev–Trinajstić information content (AvgIpc) is 2.34. The Morgan fingerprint density at radius 3 is 2.25 bits per heavy atom. The number of nitrogens with zero attached hydrogens (tertiary/aromatic N) is 1. The molecule has 6 heteroatoms. The van der Waals surface area contributed by atoms with Gasteiger partial charge in [0.1, 0.15) is 5.69 Å². The van der Waals surface area contributed by atoms with Gasteiger partial charge in [-0.05, 0) is 18.4 Å². The Morgan fingerprint density at radius 2 is 1.88 bits per heavy atom. The molecule has 0 fully saturated rings. The molecule has 0 radical (unpaired) electrons. The molecule has 1 rings (SSSR count). The zero-order valence-electron chi connectivity index (χ0n) is 9.82. The lowest BCUT2D eigenvalue weighted by Gasteiger charge is -2.00. The van der Waals surface area contributed by atoms with Crippen LogP contribution in [-0.4, -0.2) is 18.2 Å². The van der Waals surface area contributed by atoms with Crippen molar-refractivity contribution in [2.24, 2.45) is 0 Å². The molecule has 4 nitrogen and oxygen atoms in total. The molecule has 0 heterocycles. The Hall–Kier alpha value is -0.750. The molecule has 0 saturated carbocycles. The topological polar surface area (TPSA) is 55.2 Å². The van der Waals surface area contributed by atoms with Crippen LogP contribution in [0, 0.1) is 10.1 Å². The standard InChI is InChI=1S/C7H7BrN2O2.C2H6.CH4S/c1-9-6-3-2-5(8)4-7(6)10(11)12;2*1-2/h2-4,9H,1H3;1-2H3;2H,1H3. The van der Waals surface area contributed by atoms with Gasteiger partial charge >= 0.3 is 0 Å². The summed E-state index contributed by atoms with van der Waals surface area (Å²) in [5, 5.41) is 13.2. The minimum atomic E-state index is -0.420. The maximum atomic E-state index is 10.5. The summed E-state index contributed by atoms with van der Waals surface area (Å²) >= 11 is 6.69. The lowest BCUT2D eigenvalue weighted by molar-refractivity contribution is -0.384. The largest absolute Gasteiger partial charge is 0.383 e. The highest BCUT2D eigenvalue weighted by Gasteiger charge is 2.11. The first-order valence-corrected chi connectivity index (χ1v) is 6.40. The number of halogens is 1. The van der Waals surface area contributed by atoms with Gasteiger partial charge in [-0.3, -0.25) is 10.1 Å². The summed E-state index contributed by atoms with van der Waals surface area (Å²) < 4.78 is 0.702. The Morgan fingerprint density at radius 1 is 1.38 bits per heavy atom. The number of anilines is 1. The van der Waals surface area contributed by atoms with Crippen LogP contribution in [0.5, 0.6) is 0 Å². The van der Waals surface area contributed by atoms with Crippen LogP contribution in [0.1, 0.15) is 13.8 Å². The Labute approximate surface area is 110 Å². The third-order valence-electron chi connectivity index (χ3n) is 1.43. The molecule has 0 aromatic heterocycles.